The van der Waals surface area contributed by atoms with E-state index in [4.69, 9.17) is 10.5 Å². The van der Waals surface area contributed by atoms with E-state index in [0.29, 0.717) is 11.3 Å². The largest absolute Gasteiger partial charge is 0.424 e. The maximum Gasteiger partial charge on any atom is 0.424 e. The number of amides is 1. The van der Waals surface area contributed by atoms with Gasteiger partial charge in [0.1, 0.15) is 17.1 Å². The van der Waals surface area contributed by atoms with Gasteiger partial charge in [-0.1, -0.05) is 12.1 Å². The van der Waals surface area contributed by atoms with Crippen molar-refractivity contribution in [2.45, 2.75) is 31.2 Å². The normalized spacial score (nSPS) is 24.7. The molecule has 1 aromatic carbocycles. The number of halogens is 4. The Bertz CT molecular complexity index is 965. The Morgan fingerprint density at radius 1 is 1.28 bits per heavy atom. The van der Waals surface area contributed by atoms with Crippen molar-refractivity contribution in [2.24, 2.45) is 10.7 Å². The van der Waals surface area contributed by atoms with Crippen LogP contribution in [0.2, 0.25) is 0 Å². The van der Waals surface area contributed by atoms with Crippen molar-refractivity contribution in [3.05, 3.63) is 58.3 Å². The lowest BCUT2D eigenvalue weighted by atomic mass is 9.90. The number of carbonyl (C=O) groups excluding carboxylic acids is 1. The predicted octanol–water partition coefficient (Wildman–Crippen LogP) is 4.02. The maximum atomic E-state index is 13.3. The lowest BCUT2D eigenvalue weighted by Gasteiger charge is -2.41. The number of hydrogen-bond acceptors (Lipinski definition) is 5. The van der Waals surface area contributed by atoms with Crippen LogP contribution in [0.15, 0.2) is 52.1 Å². The summed E-state index contributed by atoms with van der Waals surface area (Å²) in [6.45, 7) is 2.15. The first-order valence-corrected chi connectivity index (χ1v) is 9.34. The number of rotatable bonds is 3. The first kappa shape index (κ1) is 21.3. The van der Waals surface area contributed by atoms with Crippen molar-refractivity contribution in [3.63, 3.8) is 0 Å². The summed E-state index contributed by atoms with van der Waals surface area (Å²) in [5.74, 6) is -1.07. The number of benzene rings is 1. The number of alkyl halides is 3. The molecule has 1 amide bonds. The Labute approximate surface area is 173 Å². The molecule has 0 spiro atoms. The van der Waals surface area contributed by atoms with Crippen LogP contribution in [0.5, 0.6) is 0 Å². The molecule has 0 saturated carbocycles. The van der Waals surface area contributed by atoms with Gasteiger partial charge in [0.25, 0.3) is 5.91 Å². The number of nitrogens with one attached hydrogen (secondary N) is 1. The molecule has 1 aromatic heterocycles. The second kappa shape index (κ2) is 7.42. The molecule has 2 heterocycles. The molecule has 0 aliphatic carbocycles. The Kier molecular flexibility index (Phi) is 5.44. The zero-order valence-electron chi connectivity index (χ0n) is 15.5. The molecule has 3 rings (SSSR count). The number of nitrogens with two attached hydrogens (primary N) is 1. The number of nitrogens with zero attached hydrogens (tertiary/aromatic N) is 2. The smallest absolute Gasteiger partial charge is 0.385 e. The van der Waals surface area contributed by atoms with Crippen molar-refractivity contribution < 1.29 is 22.7 Å². The fourth-order valence-corrected chi connectivity index (χ4v) is 3.01. The molecule has 29 heavy (non-hydrogen) atoms. The van der Waals surface area contributed by atoms with Gasteiger partial charge in [0, 0.05) is 16.4 Å². The zero-order chi connectivity index (χ0) is 21.4. The van der Waals surface area contributed by atoms with E-state index in [1.807, 2.05) is 0 Å². The number of aliphatic imine (C=N–C) groups is 1. The van der Waals surface area contributed by atoms with Crippen molar-refractivity contribution in [2.75, 3.05) is 11.9 Å². The molecule has 1 aliphatic heterocycles. The number of hydrogen-bond donors (Lipinski definition) is 2. The van der Waals surface area contributed by atoms with Crippen molar-refractivity contribution >= 4 is 33.4 Å². The second-order valence-electron chi connectivity index (χ2n) is 6.99. The minimum absolute atomic E-state index is 0.217. The van der Waals surface area contributed by atoms with Crippen molar-refractivity contribution in [3.8, 4) is 0 Å². The van der Waals surface area contributed by atoms with E-state index in [-0.39, 0.29) is 12.3 Å². The molecule has 0 unspecified atom stereocenters. The summed E-state index contributed by atoms with van der Waals surface area (Å²) in [6.07, 6.45) is -3.18. The van der Waals surface area contributed by atoms with E-state index in [1.165, 1.54) is 6.20 Å². The molecule has 0 radical (unpaired) electrons. The third-order valence-electron chi connectivity index (χ3n) is 4.74. The van der Waals surface area contributed by atoms with E-state index in [2.05, 4.69) is 31.2 Å². The van der Waals surface area contributed by atoms with Crippen LogP contribution in [0.3, 0.4) is 0 Å². The van der Waals surface area contributed by atoms with Crippen LogP contribution in [0.4, 0.5) is 18.9 Å². The summed E-state index contributed by atoms with van der Waals surface area (Å²) < 4.78 is 45.7. The van der Waals surface area contributed by atoms with E-state index in [1.54, 1.807) is 43.3 Å². The van der Waals surface area contributed by atoms with Crippen LogP contribution in [-0.4, -0.2) is 35.1 Å². The molecule has 3 N–H and O–H groups in total. The topological polar surface area (TPSA) is 89.6 Å². The predicted molar refractivity (Wildman–Crippen MR) is 106 cm³/mol. The Morgan fingerprint density at radius 3 is 2.59 bits per heavy atom. The van der Waals surface area contributed by atoms with Crippen molar-refractivity contribution in [1.82, 2.24) is 4.98 Å². The Balaban J connectivity index is 1.86. The summed E-state index contributed by atoms with van der Waals surface area (Å²) >= 11 is 3.25. The lowest BCUT2D eigenvalue weighted by molar-refractivity contribution is -0.249. The van der Waals surface area contributed by atoms with Crippen LogP contribution in [0, 0.1) is 0 Å². The highest BCUT2D eigenvalue weighted by molar-refractivity contribution is 9.10. The number of aromatic nitrogens is 1. The van der Waals surface area contributed by atoms with E-state index in [9.17, 15) is 18.0 Å². The van der Waals surface area contributed by atoms with Gasteiger partial charge < -0.3 is 15.8 Å². The maximum absolute atomic E-state index is 13.3. The van der Waals surface area contributed by atoms with Gasteiger partial charge in [-0.05, 0) is 59.6 Å². The number of carbonyl (C=O) groups is 1. The highest BCUT2D eigenvalue weighted by Crippen LogP contribution is 2.41. The van der Waals surface area contributed by atoms with Crippen molar-refractivity contribution in [1.29, 1.82) is 0 Å². The van der Waals surface area contributed by atoms with Crippen LogP contribution in [-0.2, 0) is 10.3 Å². The molecular formula is C19H18BrF3N4O2. The molecule has 1 aliphatic rings. The fourth-order valence-electron chi connectivity index (χ4n) is 2.78. The summed E-state index contributed by atoms with van der Waals surface area (Å²) in [5.41, 5.74) is 3.08. The molecule has 10 heteroatoms. The molecule has 0 saturated heterocycles. The third kappa shape index (κ3) is 4.13. The van der Waals surface area contributed by atoms with Gasteiger partial charge >= 0.3 is 6.18 Å². The third-order valence-corrected chi connectivity index (χ3v) is 5.21. The van der Waals surface area contributed by atoms with Crippen LogP contribution in [0.1, 0.15) is 29.9 Å². The number of amidine groups is 1. The average molecular weight is 471 g/mol. The van der Waals surface area contributed by atoms with Crippen LogP contribution in [0.25, 0.3) is 0 Å². The van der Waals surface area contributed by atoms with Crippen LogP contribution < -0.4 is 11.1 Å². The van der Waals surface area contributed by atoms with Gasteiger partial charge in [-0.2, -0.15) is 13.2 Å². The average Bonchev–Trinajstić information content (AvgIpc) is 2.65. The van der Waals surface area contributed by atoms with Gasteiger partial charge in [-0.25, -0.2) is 4.98 Å². The van der Waals surface area contributed by atoms with Gasteiger partial charge in [-0.15, -0.1) is 0 Å². The monoisotopic (exact) mass is 470 g/mol. The van der Waals surface area contributed by atoms with Gasteiger partial charge in [-0.3, -0.25) is 9.79 Å². The van der Waals surface area contributed by atoms with E-state index in [0.717, 1.165) is 11.4 Å². The first-order chi connectivity index (χ1) is 13.4. The summed E-state index contributed by atoms with van der Waals surface area (Å²) in [4.78, 5) is 20.5. The molecule has 2 aromatic rings. The summed E-state index contributed by atoms with van der Waals surface area (Å²) in [7, 11) is 0. The Morgan fingerprint density at radius 2 is 2.00 bits per heavy atom. The van der Waals surface area contributed by atoms with Gasteiger partial charge in [0.05, 0.1) is 6.61 Å². The molecule has 6 nitrogen and oxygen atoms in total. The van der Waals surface area contributed by atoms with Gasteiger partial charge in [0.2, 0.25) is 5.60 Å². The molecule has 0 fully saturated rings. The molecule has 154 valence electrons. The minimum atomic E-state index is -4.69. The Hall–Kier alpha value is -2.46. The fraction of sp³-hybridized carbons (Fsp3) is 0.316. The zero-order valence-corrected chi connectivity index (χ0v) is 17.1. The second-order valence-corrected chi connectivity index (χ2v) is 7.90. The SMILES string of the molecule is C[C@]1(C(F)(F)F)OC[C@@](C)(c2cccc(NC(=O)c3ccc(Br)cn3)c2)N=C1N. The highest BCUT2D eigenvalue weighted by atomic mass is 79.9. The molecule has 0 bridgehead atoms. The van der Waals surface area contributed by atoms with Gasteiger partial charge in [0.15, 0.2) is 0 Å². The number of anilines is 1. The lowest BCUT2D eigenvalue weighted by Crippen LogP contribution is -2.60. The quantitative estimate of drug-likeness (QED) is 0.708. The number of pyridine rings is 1. The highest BCUT2D eigenvalue weighted by Gasteiger charge is 2.58. The van der Waals surface area contributed by atoms with E-state index >= 15 is 0 Å². The van der Waals surface area contributed by atoms with E-state index < -0.39 is 29.1 Å². The molecule has 2 atom stereocenters. The summed E-state index contributed by atoms with van der Waals surface area (Å²) in [5, 5.41) is 2.71. The standard InChI is InChI=1S/C19H18BrF3N4O2/c1-17(10-29-18(2,16(24)27-17)19(21,22)23)11-4-3-5-13(8-11)26-15(28)14-7-6-12(20)9-25-14/h3-9H,10H2,1-2H3,(H2,24,27)(H,26,28)/t17-,18-/m0/s1. The molecular weight excluding hydrogens is 453 g/mol. The minimum Gasteiger partial charge on any atom is -0.385 e. The number of ether oxygens (including phenoxy) is 1. The van der Waals surface area contributed by atoms with Crippen LogP contribution >= 0.6 is 15.9 Å². The first-order valence-electron chi connectivity index (χ1n) is 8.54. The summed E-state index contributed by atoms with van der Waals surface area (Å²) in [6, 6.07) is 9.86.